The number of carbonyl (C=O) groups excluding carboxylic acids is 2. The van der Waals surface area contributed by atoms with Crippen molar-refractivity contribution in [1.29, 1.82) is 0 Å². The first-order valence-corrected chi connectivity index (χ1v) is 7.64. The third-order valence-corrected chi connectivity index (χ3v) is 3.75. The summed E-state index contributed by atoms with van der Waals surface area (Å²) >= 11 is 2.07. The van der Waals surface area contributed by atoms with Crippen LogP contribution < -0.4 is 0 Å². The number of Topliss-reactive ketones (excluding diaryl/α,β-unsaturated/α-hetero) is 2. The highest BCUT2D eigenvalue weighted by atomic mass is 127. The number of carbonyl (C=O) groups is 2. The molecule has 0 atom stereocenters. The molecule has 0 saturated heterocycles. The van der Waals surface area contributed by atoms with Crippen LogP contribution >= 0.6 is 22.6 Å². The van der Waals surface area contributed by atoms with Crippen molar-refractivity contribution in [2.24, 2.45) is 0 Å². The molecule has 0 aromatic heterocycles. The molecule has 0 radical (unpaired) electrons. The van der Waals surface area contributed by atoms with Crippen molar-refractivity contribution in [3.8, 4) is 0 Å². The zero-order valence-corrected chi connectivity index (χ0v) is 13.7. The average Bonchev–Trinajstić information content (AvgIpc) is 2.61. The molecule has 0 aromatic rings. The Kier molecular flexibility index (Phi) is 6.54. The Bertz CT molecular complexity index is 405. The minimum atomic E-state index is -0.337. The van der Waals surface area contributed by atoms with Gasteiger partial charge in [0, 0.05) is 3.58 Å². The lowest BCUT2D eigenvalue weighted by Gasteiger charge is -2.05. The van der Waals surface area contributed by atoms with Gasteiger partial charge in [0.05, 0.1) is 18.8 Å². The van der Waals surface area contributed by atoms with E-state index in [1.165, 1.54) is 0 Å². The number of allylic oxidation sites excluding steroid dienone is 3. The second kappa shape index (κ2) is 7.67. The van der Waals surface area contributed by atoms with Gasteiger partial charge in [-0.25, -0.2) is 0 Å². The van der Waals surface area contributed by atoms with Gasteiger partial charge in [-0.2, -0.15) is 0 Å². The Balaban J connectivity index is 3.10. The molecule has 1 rings (SSSR count). The molecule has 106 valence electrons. The fraction of sp³-hybridized carbons (Fsp3) is 0.571. The summed E-state index contributed by atoms with van der Waals surface area (Å²) < 4.78 is 11.4. The Hall–Kier alpha value is -0.850. The normalized spacial score (nSPS) is 15.3. The summed E-state index contributed by atoms with van der Waals surface area (Å²) in [6.07, 6.45) is 2.71. The molecule has 0 spiro atoms. The predicted molar refractivity (Wildman–Crippen MR) is 80.9 cm³/mol. The van der Waals surface area contributed by atoms with Crippen LogP contribution in [-0.2, 0) is 19.1 Å². The third kappa shape index (κ3) is 3.58. The zero-order chi connectivity index (χ0) is 14.4. The molecule has 5 heteroatoms. The first kappa shape index (κ1) is 16.2. The van der Waals surface area contributed by atoms with Gasteiger partial charge >= 0.3 is 0 Å². The van der Waals surface area contributed by atoms with Crippen molar-refractivity contribution < 1.29 is 19.1 Å². The van der Waals surface area contributed by atoms with Gasteiger partial charge in [0.25, 0.3) is 0 Å². The topological polar surface area (TPSA) is 52.6 Å². The number of rotatable bonds is 7. The van der Waals surface area contributed by atoms with E-state index in [4.69, 9.17) is 9.47 Å². The van der Waals surface area contributed by atoms with E-state index in [-0.39, 0.29) is 28.7 Å². The zero-order valence-electron chi connectivity index (χ0n) is 11.5. The van der Waals surface area contributed by atoms with E-state index < -0.39 is 0 Å². The third-order valence-electron chi connectivity index (χ3n) is 2.67. The van der Waals surface area contributed by atoms with Crippen LogP contribution in [0.15, 0.2) is 20.7 Å². The Morgan fingerprint density at radius 1 is 1.00 bits per heavy atom. The van der Waals surface area contributed by atoms with E-state index in [2.05, 4.69) is 29.5 Å². The molecule has 4 nitrogen and oxygen atoms in total. The monoisotopic (exact) mass is 378 g/mol. The van der Waals surface area contributed by atoms with E-state index in [1.807, 2.05) is 0 Å². The summed E-state index contributed by atoms with van der Waals surface area (Å²) in [5.74, 6) is -0.545. The molecule has 0 N–H and O–H groups in total. The van der Waals surface area contributed by atoms with Crippen LogP contribution in [0.3, 0.4) is 0 Å². The van der Waals surface area contributed by atoms with Crippen molar-refractivity contribution in [2.75, 3.05) is 13.2 Å². The molecule has 0 saturated carbocycles. The number of ketones is 2. The number of unbranched alkanes of at least 4 members (excludes halogenated alkanes) is 1. The summed E-state index contributed by atoms with van der Waals surface area (Å²) in [7, 11) is 0. The smallest absolute Gasteiger partial charge is 0.236 e. The number of hydrogen-bond acceptors (Lipinski definition) is 4. The molecule has 0 amide bonds. The van der Waals surface area contributed by atoms with Gasteiger partial charge in [-0.15, -0.1) is 0 Å². The molecule has 0 bridgehead atoms. The summed E-state index contributed by atoms with van der Waals surface area (Å²) in [5, 5.41) is 0. The van der Waals surface area contributed by atoms with Crippen LogP contribution in [-0.4, -0.2) is 24.8 Å². The lowest BCUT2D eigenvalue weighted by Crippen LogP contribution is -2.08. The van der Waals surface area contributed by atoms with Crippen LogP contribution in [0.2, 0.25) is 0 Å². The standard InChI is InChI=1S/C14H19IO4/c1-4-7-8-9(15)10-11(16)13(18-5-2)14(12(10)17)19-6-3/h4-8H2,1-3H3. The molecule has 1 aliphatic carbocycles. The summed E-state index contributed by atoms with van der Waals surface area (Å²) in [6.45, 7) is 6.30. The molecule has 0 aromatic carbocycles. The first-order valence-electron chi connectivity index (χ1n) is 6.56. The van der Waals surface area contributed by atoms with Crippen LogP contribution in [0.5, 0.6) is 0 Å². The second-order valence-corrected chi connectivity index (χ2v) is 5.37. The maximum atomic E-state index is 12.2. The molecule has 1 aliphatic rings. The molecule has 19 heavy (non-hydrogen) atoms. The highest BCUT2D eigenvalue weighted by Crippen LogP contribution is 2.32. The molecule has 0 heterocycles. The highest BCUT2D eigenvalue weighted by molar-refractivity contribution is 14.1. The van der Waals surface area contributed by atoms with Crippen LogP contribution in [0, 0.1) is 0 Å². The van der Waals surface area contributed by atoms with E-state index in [9.17, 15) is 9.59 Å². The molecule has 0 unspecified atom stereocenters. The van der Waals surface area contributed by atoms with Gasteiger partial charge in [-0.3, -0.25) is 9.59 Å². The van der Waals surface area contributed by atoms with Crippen molar-refractivity contribution in [3.63, 3.8) is 0 Å². The van der Waals surface area contributed by atoms with E-state index in [0.717, 1.165) is 22.8 Å². The highest BCUT2D eigenvalue weighted by Gasteiger charge is 2.40. The van der Waals surface area contributed by atoms with Gasteiger partial charge < -0.3 is 9.47 Å². The second-order valence-electron chi connectivity index (χ2n) is 4.07. The fourth-order valence-electron chi connectivity index (χ4n) is 1.79. The van der Waals surface area contributed by atoms with E-state index in [0.29, 0.717) is 13.2 Å². The molecular formula is C14H19IO4. The maximum Gasteiger partial charge on any atom is 0.236 e. The SMILES string of the molecule is CCCCC(I)=C1C(=O)C(OCC)=C(OCC)C1=O. The van der Waals surface area contributed by atoms with Crippen molar-refractivity contribution >= 4 is 34.2 Å². The quantitative estimate of drug-likeness (QED) is 0.388. The Morgan fingerprint density at radius 3 is 1.84 bits per heavy atom. The van der Waals surface area contributed by atoms with Gasteiger partial charge in [-0.05, 0) is 49.3 Å². The largest absolute Gasteiger partial charge is 0.486 e. The number of hydrogen-bond donors (Lipinski definition) is 0. The maximum absolute atomic E-state index is 12.2. The van der Waals surface area contributed by atoms with Gasteiger partial charge in [0.2, 0.25) is 23.1 Å². The Labute approximate surface area is 127 Å². The first-order chi connectivity index (χ1) is 9.08. The number of halogens is 1. The summed E-state index contributed by atoms with van der Waals surface area (Å²) in [5.41, 5.74) is 0.223. The fourth-order valence-corrected chi connectivity index (χ4v) is 2.66. The van der Waals surface area contributed by atoms with Gasteiger partial charge in [0.1, 0.15) is 0 Å². The lowest BCUT2D eigenvalue weighted by atomic mass is 10.1. The van der Waals surface area contributed by atoms with Crippen molar-refractivity contribution in [1.82, 2.24) is 0 Å². The Morgan fingerprint density at radius 2 is 1.47 bits per heavy atom. The average molecular weight is 378 g/mol. The van der Waals surface area contributed by atoms with Crippen molar-refractivity contribution in [3.05, 3.63) is 20.7 Å². The minimum absolute atomic E-state index is 0.0648. The van der Waals surface area contributed by atoms with Crippen LogP contribution in [0.4, 0.5) is 0 Å². The van der Waals surface area contributed by atoms with Crippen LogP contribution in [0.1, 0.15) is 40.0 Å². The van der Waals surface area contributed by atoms with Crippen LogP contribution in [0.25, 0.3) is 0 Å². The molecule has 0 aliphatic heterocycles. The molecular weight excluding hydrogens is 359 g/mol. The van der Waals surface area contributed by atoms with Gasteiger partial charge in [0.15, 0.2) is 0 Å². The van der Waals surface area contributed by atoms with E-state index in [1.54, 1.807) is 13.8 Å². The van der Waals surface area contributed by atoms with E-state index >= 15 is 0 Å². The lowest BCUT2D eigenvalue weighted by molar-refractivity contribution is -0.117. The predicted octanol–water partition coefficient (Wildman–Crippen LogP) is 3.30. The van der Waals surface area contributed by atoms with Gasteiger partial charge in [-0.1, -0.05) is 13.3 Å². The summed E-state index contributed by atoms with van der Waals surface area (Å²) in [4.78, 5) is 24.5. The molecule has 0 fully saturated rings. The van der Waals surface area contributed by atoms with Crippen molar-refractivity contribution in [2.45, 2.75) is 40.0 Å². The minimum Gasteiger partial charge on any atom is -0.486 e. The number of ether oxygens (including phenoxy) is 2. The summed E-state index contributed by atoms with van der Waals surface area (Å²) in [6, 6.07) is 0.